The largest absolute Gasteiger partial charge is 0.0885 e. The Bertz CT molecular complexity index is 120. The van der Waals surface area contributed by atoms with E-state index in [1.165, 1.54) is 19.3 Å². The minimum absolute atomic E-state index is 0.629. The van der Waals surface area contributed by atoms with E-state index in [1.807, 2.05) is 0 Å². The molecule has 0 N–H and O–H groups in total. The molecule has 0 saturated heterocycles. The Labute approximate surface area is 79.3 Å². The summed E-state index contributed by atoms with van der Waals surface area (Å²) in [5.74, 6) is 0. The van der Waals surface area contributed by atoms with Gasteiger partial charge in [-0.05, 0) is 25.7 Å². The second-order valence-electron chi connectivity index (χ2n) is 2.67. The zero-order valence-electron chi connectivity index (χ0n) is 5.89. The third-order valence-corrected chi connectivity index (χ3v) is 4.59. The van der Waals surface area contributed by atoms with Crippen LogP contribution in [-0.2, 0) is 0 Å². The highest BCUT2D eigenvalue weighted by molar-refractivity contribution is 9.12. The number of allylic oxidation sites excluding steroid dienone is 2. The number of hydrogen-bond acceptors (Lipinski definition) is 0. The predicted octanol–water partition coefficient (Wildman–Crippen LogP) is 3.64. The summed E-state index contributed by atoms with van der Waals surface area (Å²) >= 11 is 7.30. The van der Waals surface area contributed by atoms with Crippen LogP contribution in [-0.4, -0.2) is 9.65 Å². The summed E-state index contributed by atoms with van der Waals surface area (Å²) in [5.41, 5.74) is 0. The maximum atomic E-state index is 3.66. The number of alkyl halides is 2. The Morgan fingerprint density at radius 1 is 1.10 bits per heavy atom. The van der Waals surface area contributed by atoms with E-state index >= 15 is 0 Å². The van der Waals surface area contributed by atoms with E-state index < -0.39 is 0 Å². The molecule has 1 rings (SSSR count). The smallest absolute Gasteiger partial charge is 0.0305 e. The first-order valence-corrected chi connectivity index (χ1v) is 5.57. The third-order valence-electron chi connectivity index (χ3n) is 1.77. The Kier molecular flexibility index (Phi) is 4.00. The van der Waals surface area contributed by atoms with Crippen LogP contribution in [0, 0.1) is 0 Å². The summed E-state index contributed by atoms with van der Waals surface area (Å²) in [5, 5.41) is 0. The maximum Gasteiger partial charge on any atom is 0.0305 e. The van der Waals surface area contributed by atoms with Crippen molar-refractivity contribution in [3.8, 4) is 0 Å². The Balaban J connectivity index is 2.41. The molecule has 0 aromatic rings. The molecule has 2 atom stereocenters. The van der Waals surface area contributed by atoms with E-state index in [-0.39, 0.29) is 0 Å². The van der Waals surface area contributed by atoms with Crippen LogP contribution in [0.2, 0.25) is 0 Å². The Morgan fingerprint density at radius 3 is 2.70 bits per heavy atom. The van der Waals surface area contributed by atoms with Crippen molar-refractivity contribution in [2.75, 3.05) is 0 Å². The quantitative estimate of drug-likeness (QED) is 0.464. The molecule has 2 unspecified atom stereocenters. The van der Waals surface area contributed by atoms with Crippen LogP contribution in [0.25, 0.3) is 0 Å². The Morgan fingerprint density at radius 2 is 1.90 bits per heavy atom. The Hall–Kier alpha value is 0.700. The van der Waals surface area contributed by atoms with Crippen molar-refractivity contribution in [1.82, 2.24) is 0 Å². The van der Waals surface area contributed by atoms with Gasteiger partial charge in [0.05, 0.1) is 0 Å². The molecule has 0 fully saturated rings. The summed E-state index contributed by atoms with van der Waals surface area (Å²) in [6.45, 7) is 0. The highest BCUT2D eigenvalue weighted by Gasteiger charge is 2.14. The van der Waals surface area contributed by atoms with Gasteiger partial charge in [0.25, 0.3) is 0 Å². The van der Waals surface area contributed by atoms with Gasteiger partial charge in [0.15, 0.2) is 0 Å². The van der Waals surface area contributed by atoms with Gasteiger partial charge in [0.2, 0.25) is 0 Å². The fourth-order valence-corrected chi connectivity index (χ4v) is 2.12. The van der Waals surface area contributed by atoms with Crippen molar-refractivity contribution < 1.29 is 0 Å². The van der Waals surface area contributed by atoms with Crippen LogP contribution < -0.4 is 0 Å². The fourth-order valence-electron chi connectivity index (χ4n) is 1.10. The SMILES string of the molecule is BrC1C/C=C/CCCC1Br. The molecule has 0 aliphatic heterocycles. The van der Waals surface area contributed by atoms with Gasteiger partial charge in [-0.3, -0.25) is 0 Å². The van der Waals surface area contributed by atoms with Crippen molar-refractivity contribution >= 4 is 31.9 Å². The van der Waals surface area contributed by atoms with Gasteiger partial charge >= 0.3 is 0 Å². The van der Waals surface area contributed by atoms with Crippen molar-refractivity contribution in [3.05, 3.63) is 12.2 Å². The maximum absolute atomic E-state index is 3.66. The molecule has 10 heavy (non-hydrogen) atoms. The van der Waals surface area contributed by atoms with Crippen molar-refractivity contribution in [3.63, 3.8) is 0 Å². The van der Waals surface area contributed by atoms with Crippen LogP contribution >= 0.6 is 31.9 Å². The lowest BCUT2D eigenvalue weighted by molar-refractivity contribution is 0.677. The molecular formula is C8H12Br2. The molecule has 0 aromatic heterocycles. The minimum Gasteiger partial charge on any atom is -0.0885 e. The molecule has 0 saturated carbocycles. The van der Waals surface area contributed by atoms with Gasteiger partial charge in [-0.2, -0.15) is 0 Å². The molecule has 58 valence electrons. The first-order chi connectivity index (χ1) is 4.80. The number of halogens is 2. The number of rotatable bonds is 0. The monoisotopic (exact) mass is 266 g/mol. The zero-order valence-corrected chi connectivity index (χ0v) is 9.07. The normalized spacial score (nSPS) is 38.2. The second kappa shape index (κ2) is 4.55. The van der Waals surface area contributed by atoms with E-state index in [2.05, 4.69) is 44.0 Å². The van der Waals surface area contributed by atoms with Gasteiger partial charge in [0, 0.05) is 9.65 Å². The summed E-state index contributed by atoms with van der Waals surface area (Å²) in [6, 6.07) is 0. The second-order valence-corrected chi connectivity index (χ2v) is 5.02. The summed E-state index contributed by atoms with van der Waals surface area (Å²) < 4.78 is 0. The van der Waals surface area contributed by atoms with Crippen molar-refractivity contribution in [1.29, 1.82) is 0 Å². The third kappa shape index (κ3) is 2.75. The van der Waals surface area contributed by atoms with E-state index in [4.69, 9.17) is 0 Å². The molecule has 0 amide bonds. The predicted molar refractivity (Wildman–Crippen MR) is 53.0 cm³/mol. The van der Waals surface area contributed by atoms with Crippen LogP contribution in [0.1, 0.15) is 25.7 Å². The van der Waals surface area contributed by atoms with Gasteiger partial charge in [-0.25, -0.2) is 0 Å². The molecule has 1 aliphatic carbocycles. The molecule has 0 spiro atoms. The van der Waals surface area contributed by atoms with Crippen LogP contribution in [0.4, 0.5) is 0 Å². The highest BCUT2D eigenvalue weighted by atomic mass is 79.9. The topological polar surface area (TPSA) is 0 Å². The lowest BCUT2D eigenvalue weighted by Crippen LogP contribution is -2.13. The summed E-state index contributed by atoms with van der Waals surface area (Å²) in [4.78, 5) is 1.29. The molecule has 0 aromatic carbocycles. The molecule has 1 aliphatic rings. The molecular weight excluding hydrogens is 256 g/mol. The molecule has 2 heteroatoms. The lowest BCUT2D eigenvalue weighted by Gasteiger charge is -2.16. The van der Waals surface area contributed by atoms with Crippen LogP contribution in [0.3, 0.4) is 0 Å². The van der Waals surface area contributed by atoms with E-state index in [9.17, 15) is 0 Å². The summed E-state index contributed by atoms with van der Waals surface area (Å²) in [7, 11) is 0. The average Bonchev–Trinajstić information content (AvgIpc) is 1.92. The molecule has 0 radical (unpaired) electrons. The van der Waals surface area contributed by atoms with Gasteiger partial charge in [-0.15, -0.1) is 0 Å². The van der Waals surface area contributed by atoms with Gasteiger partial charge in [0.1, 0.15) is 0 Å². The van der Waals surface area contributed by atoms with E-state index in [0.29, 0.717) is 9.65 Å². The minimum atomic E-state index is 0.629. The summed E-state index contributed by atoms with van der Waals surface area (Å²) in [6.07, 6.45) is 9.58. The first kappa shape index (κ1) is 8.79. The molecule has 0 nitrogen and oxygen atoms in total. The van der Waals surface area contributed by atoms with Crippen molar-refractivity contribution in [2.45, 2.75) is 35.3 Å². The van der Waals surface area contributed by atoms with Crippen LogP contribution in [0.5, 0.6) is 0 Å². The van der Waals surface area contributed by atoms with Crippen molar-refractivity contribution in [2.24, 2.45) is 0 Å². The van der Waals surface area contributed by atoms with Gasteiger partial charge < -0.3 is 0 Å². The number of hydrogen-bond donors (Lipinski definition) is 0. The fraction of sp³-hybridized carbons (Fsp3) is 0.750. The first-order valence-electron chi connectivity index (χ1n) is 3.74. The average molecular weight is 268 g/mol. The van der Waals surface area contributed by atoms with E-state index in [0.717, 1.165) is 6.42 Å². The highest BCUT2D eigenvalue weighted by Crippen LogP contribution is 2.24. The zero-order chi connectivity index (χ0) is 7.40. The van der Waals surface area contributed by atoms with Crippen LogP contribution in [0.15, 0.2) is 12.2 Å². The molecule has 0 heterocycles. The lowest BCUT2D eigenvalue weighted by atomic mass is 10.1. The van der Waals surface area contributed by atoms with Gasteiger partial charge in [-0.1, -0.05) is 44.0 Å². The van der Waals surface area contributed by atoms with E-state index in [1.54, 1.807) is 0 Å². The molecule has 0 bridgehead atoms. The standard InChI is InChI=1S/C8H12Br2/c9-7-5-3-1-2-4-6-8(7)10/h1,3,7-8H,2,4-6H2/b3-1+.